The van der Waals surface area contributed by atoms with Gasteiger partial charge in [0.05, 0.1) is 6.26 Å². The molecule has 2 heterocycles. The van der Waals surface area contributed by atoms with Crippen LogP contribution in [0.4, 0.5) is 6.01 Å². The first kappa shape index (κ1) is 11.3. The molecule has 5 nitrogen and oxygen atoms in total. The molecule has 0 spiro atoms. The smallest absolute Gasteiger partial charge is 0.295 e. The number of fused-ring (bicyclic) bond motifs is 1. The molecule has 0 radical (unpaired) electrons. The van der Waals surface area contributed by atoms with Crippen LogP contribution in [0.1, 0.15) is 0 Å². The molecule has 0 aliphatic heterocycles. The van der Waals surface area contributed by atoms with E-state index in [4.69, 9.17) is 10.2 Å². The van der Waals surface area contributed by atoms with Crippen LogP contribution in [0.15, 0.2) is 62.6 Å². The van der Waals surface area contributed by atoms with Crippen molar-refractivity contribution in [3.63, 3.8) is 0 Å². The molecule has 2 N–H and O–H groups in total. The van der Waals surface area contributed by atoms with E-state index in [1.54, 1.807) is 6.26 Å². The Kier molecular flexibility index (Phi) is 2.64. The monoisotopic (exact) mass is 254 g/mol. The Morgan fingerprint density at radius 3 is 2.37 bits per heavy atom. The molecule has 2 aromatic heterocycles. The Hall–Kier alpha value is -2.82. The number of benzene rings is 1. The van der Waals surface area contributed by atoms with Crippen molar-refractivity contribution in [1.82, 2.24) is 4.98 Å². The van der Waals surface area contributed by atoms with Gasteiger partial charge < -0.3 is 14.6 Å². The van der Waals surface area contributed by atoms with E-state index in [2.05, 4.69) is 27.6 Å². The highest BCUT2D eigenvalue weighted by molar-refractivity contribution is 5.94. The number of hydrogen-bond acceptors (Lipinski definition) is 5. The summed E-state index contributed by atoms with van der Waals surface area (Å²) in [5.41, 5.74) is 8.53. The zero-order chi connectivity index (χ0) is 13.2. The fourth-order valence-corrected chi connectivity index (χ4v) is 1.73. The first-order valence-corrected chi connectivity index (χ1v) is 5.64. The lowest BCUT2D eigenvalue weighted by molar-refractivity contribution is 0.548. The highest BCUT2D eigenvalue weighted by Crippen LogP contribution is 2.43. The minimum Gasteiger partial charge on any atom is -0.464 e. The molecule has 2 aliphatic rings. The molecule has 2 aliphatic carbocycles. The van der Waals surface area contributed by atoms with E-state index in [0.717, 1.165) is 5.76 Å². The number of nitrogens with zero attached hydrogens (tertiary/aromatic N) is 1. The predicted octanol–water partition coefficient (Wildman–Crippen LogP) is 2.54. The average molecular weight is 254 g/mol. The largest absolute Gasteiger partial charge is 0.464 e. The van der Waals surface area contributed by atoms with E-state index in [-0.39, 0.29) is 11.6 Å². The molecule has 0 bridgehead atoms. The Balaban J connectivity index is 0.000000123. The van der Waals surface area contributed by atoms with E-state index in [1.807, 2.05) is 12.1 Å². The lowest BCUT2D eigenvalue weighted by Crippen LogP contribution is -2.04. The summed E-state index contributed by atoms with van der Waals surface area (Å²) in [5, 5.41) is 0. The lowest BCUT2D eigenvalue weighted by Gasteiger charge is -1.88. The zero-order valence-electron chi connectivity index (χ0n) is 9.87. The van der Waals surface area contributed by atoms with Crippen LogP contribution in [0.2, 0.25) is 0 Å². The van der Waals surface area contributed by atoms with Crippen LogP contribution in [0.3, 0.4) is 0 Å². The van der Waals surface area contributed by atoms with Crippen molar-refractivity contribution >= 4 is 6.01 Å². The maximum absolute atomic E-state index is 10.2. The van der Waals surface area contributed by atoms with E-state index in [9.17, 15) is 4.79 Å². The van der Waals surface area contributed by atoms with E-state index in [1.165, 1.54) is 29.0 Å². The molecule has 4 rings (SSSR count). The molecule has 0 unspecified atom stereocenters. The third kappa shape index (κ3) is 2.40. The van der Waals surface area contributed by atoms with Crippen molar-refractivity contribution in [2.75, 3.05) is 5.73 Å². The molecule has 19 heavy (non-hydrogen) atoms. The number of aromatic nitrogens is 1. The fourth-order valence-electron chi connectivity index (χ4n) is 1.73. The minimum absolute atomic E-state index is 0.0995. The van der Waals surface area contributed by atoms with Crippen LogP contribution in [0, 0.1) is 0 Å². The Labute approximate surface area is 108 Å². The van der Waals surface area contributed by atoms with Crippen molar-refractivity contribution < 1.29 is 8.83 Å². The molecular formula is C14H10N2O3. The average Bonchev–Trinajstić information content (AvgIpc) is 2.82. The zero-order valence-corrected chi connectivity index (χ0v) is 9.87. The summed E-state index contributed by atoms with van der Waals surface area (Å²) < 4.78 is 9.75. The van der Waals surface area contributed by atoms with Gasteiger partial charge in [0, 0.05) is 11.6 Å². The number of nitrogen functional groups attached to an aromatic ring is 1. The van der Waals surface area contributed by atoms with Gasteiger partial charge in [-0.15, -0.1) is 0 Å². The van der Waals surface area contributed by atoms with Crippen molar-refractivity contribution in [2.24, 2.45) is 0 Å². The first-order valence-electron chi connectivity index (χ1n) is 5.64. The summed E-state index contributed by atoms with van der Waals surface area (Å²) in [6, 6.07) is 11.4. The third-order valence-electron chi connectivity index (χ3n) is 2.65. The number of furan rings is 1. The van der Waals surface area contributed by atoms with Crippen LogP contribution in [-0.2, 0) is 0 Å². The van der Waals surface area contributed by atoms with Crippen molar-refractivity contribution in [3.8, 4) is 22.5 Å². The molecule has 0 amide bonds. The summed E-state index contributed by atoms with van der Waals surface area (Å²) >= 11 is 0. The van der Waals surface area contributed by atoms with Crippen molar-refractivity contribution in [1.29, 1.82) is 0 Å². The molecule has 0 saturated carbocycles. The fraction of sp³-hybridized carbons (Fsp3) is 0. The van der Waals surface area contributed by atoms with E-state index >= 15 is 0 Å². The van der Waals surface area contributed by atoms with Crippen LogP contribution in [-0.4, -0.2) is 4.98 Å². The topological polar surface area (TPSA) is 82.3 Å². The quantitative estimate of drug-likeness (QED) is 0.564. The van der Waals surface area contributed by atoms with Gasteiger partial charge in [0.1, 0.15) is 12.0 Å². The van der Waals surface area contributed by atoms with Crippen molar-refractivity contribution in [3.05, 3.63) is 59.3 Å². The molecule has 0 fully saturated rings. The molecule has 5 heteroatoms. The van der Waals surface area contributed by atoms with Crippen LogP contribution < -0.4 is 11.3 Å². The van der Waals surface area contributed by atoms with E-state index < -0.39 is 0 Å². The normalized spacial score (nSPS) is 10.5. The van der Waals surface area contributed by atoms with Gasteiger partial charge in [-0.2, -0.15) is 4.98 Å². The Morgan fingerprint density at radius 1 is 1.00 bits per heavy atom. The molecule has 94 valence electrons. The predicted molar refractivity (Wildman–Crippen MR) is 70.3 cm³/mol. The van der Waals surface area contributed by atoms with Gasteiger partial charge in [-0.05, 0) is 35.4 Å². The minimum atomic E-state index is -0.381. The van der Waals surface area contributed by atoms with Gasteiger partial charge in [-0.3, -0.25) is 4.79 Å². The molecule has 0 aromatic carbocycles. The van der Waals surface area contributed by atoms with Gasteiger partial charge in [0.15, 0.2) is 0 Å². The molecular weight excluding hydrogens is 244 g/mol. The Bertz CT molecular complexity index is 760. The lowest BCUT2D eigenvalue weighted by atomic mass is 10.2. The number of rotatable bonds is 1. The molecule has 2 aromatic rings. The number of anilines is 1. The summed E-state index contributed by atoms with van der Waals surface area (Å²) in [6.45, 7) is 0. The number of hydrogen-bond donors (Lipinski definition) is 1. The van der Waals surface area contributed by atoms with Gasteiger partial charge in [-0.25, -0.2) is 0 Å². The van der Waals surface area contributed by atoms with Gasteiger partial charge in [-0.1, -0.05) is 6.07 Å². The summed E-state index contributed by atoms with van der Waals surface area (Å²) in [5.74, 6) is 0.972. The second-order valence-electron chi connectivity index (χ2n) is 3.95. The van der Waals surface area contributed by atoms with Crippen LogP contribution >= 0.6 is 0 Å². The van der Waals surface area contributed by atoms with Crippen LogP contribution in [0.25, 0.3) is 22.5 Å². The summed E-state index contributed by atoms with van der Waals surface area (Å²) in [7, 11) is 0. The summed E-state index contributed by atoms with van der Waals surface area (Å²) in [6.07, 6.45) is 2.90. The van der Waals surface area contributed by atoms with Gasteiger partial charge in [0.2, 0.25) is 0 Å². The third-order valence-corrected chi connectivity index (χ3v) is 2.65. The highest BCUT2D eigenvalue weighted by atomic mass is 16.3. The molecule has 0 atom stereocenters. The van der Waals surface area contributed by atoms with Crippen molar-refractivity contribution in [2.45, 2.75) is 0 Å². The highest BCUT2D eigenvalue weighted by Gasteiger charge is 2.19. The van der Waals surface area contributed by atoms with Crippen LogP contribution in [0.5, 0.6) is 0 Å². The standard InChI is InChI=1S/C10H6O.C4H4N2O2/c1-2-10(11-5-1)8-4-3-7-6-9(7)8;5-4-6-3(7)1-2-8-4/h1-6H;1-2H,(H2,5,6,7). The second-order valence-corrected chi connectivity index (χ2v) is 3.95. The Morgan fingerprint density at radius 2 is 1.89 bits per heavy atom. The number of nitrogens with two attached hydrogens (primary N) is 1. The maximum Gasteiger partial charge on any atom is 0.295 e. The second kappa shape index (κ2) is 4.45. The first-order chi connectivity index (χ1) is 9.24. The maximum atomic E-state index is 10.2. The van der Waals surface area contributed by atoms with Gasteiger partial charge >= 0.3 is 0 Å². The van der Waals surface area contributed by atoms with E-state index in [0.29, 0.717) is 0 Å². The van der Waals surface area contributed by atoms with Gasteiger partial charge in [0.25, 0.3) is 11.6 Å². The SMILES string of the molecule is Nc1nc(=O)cco1.c1coc(-c2ccc3cc2-3)c1. The molecule has 0 saturated heterocycles. The summed E-state index contributed by atoms with van der Waals surface area (Å²) in [4.78, 5) is 13.5.